The van der Waals surface area contributed by atoms with Crippen LogP contribution < -0.4 is 10.1 Å². The molecule has 9 nitrogen and oxygen atoms in total. The van der Waals surface area contributed by atoms with Crippen LogP contribution >= 0.6 is 0 Å². The van der Waals surface area contributed by atoms with Gasteiger partial charge in [-0.15, -0.1) is 0 Å². The normalized spacial score (nSPS) is 12.5. The molecule has 0 aliphatic carbocycles. The fourth-order valence-corrected chi connectivity index (χ4v) is 5.44. The molecule has 0 spiro atoms. The van der Waals surface area contributed by atoms with Gasteiger partial charge in [0.25, 0.3) is 0 Å². The van der Waals surface area contributed by atoms with Crippen LogP contribution in [0.4, 0.5) is 5.69 Å². The smallest absolute Gasteiger partial charge is 0.242 e. The summed E-state index contributed by atoms with van der Waals surface area (Å²) in [6, 6.07) is 17.7. The van der Waals surface area contributed by atoms with Crippen molar-refractivity contribution in [1.29, 1.82) is 0 Å². The van der Waals surface area contributed by atoms with Gasteiger partial charge in [-0.25, -0.2) is 17.7 Å². The highest BCUT2D eigenvalue weighted by molar-refractivity contribution is 7.89. The summed E-state index contributed by atoms with van der Waals surface area (Å²) in [4.78, 5) is 4.60. The van der Waals surface area contributed by atoms with E-state index >= 15 is 0 Å². The minimum absolute atomic E-state index is 0.0758. The van der Waals surface area contributed by atoms with Crippen LogP contribution in [0.25, 0.3) is 22.5 Å². The molecule has 3 aromatic carbocycles. The first-order valence-corrected chi connectivity index (χ1v) is 13.4. The van der Waals surface area contributed by atoms with Crippen LogP contribution in [0.2, 0.25) is 0 Å². The second kappa shape index (κ2) is 10.5. The van der Waals surface area contributed by atoms with Crippen molar-refractivity contribution in [3.63, 3.8) is 0 Å². The Hall–Kier alpha value is -3.86. The quantitative estimate of drug-likeness (QED) is 0.220. The molecule has 0 aliphatic heterocycles. The van der Waals surface area contributed by atoms with Gasteiger partial charge >= 0.3 is 0 Å². The lowest BCUT2D eigenvalue weighted by Crippen LogP contribution is -2.22. The third-order valence-corrected chi connectivity index (χ3v) is 8.27. The molecule has 0 saturated heterocycles. The van der Waals surface area contributed by atoms with E-state index in [0.29, 0.717) is 22.7 Å². The van der Waals surface area contributed by atoms with E-state index in [1.165, 1.54) is 26.2 Å². The number of hydrogen-bond acceptors (Lipinski definition) is 7. The first-order valence-electron chi connectivity index (χ1n) is 12.0. The molecule has 0 aliphatic rings. The molecule has 4 rings (SSSR count). The van der Waals surface area contributed by atoms with Gasteiger partial charge in [-0.2, -0.15) is 4.73 Å². The van der Waals surface area contributed by atoms with Crippen molar-refractivity contribution in [3.05, 3.63) is 83.2 Å². The molecule has 200 valence electrons. The Balaban J connectivity index is 1.72. The van der Waals surface area contributed by atoms with Crippen molar-refractivity contribution in [2.24, 2.45) is 0 Å². The molecule has 38 heavy (non-hydrogen) atoms. The molecule has 0 amide bonds. The van der Waals surface area contributed by atoms with E-state index in [-0.39, 0.29) is 16.4 Å². The second-order valence-corrected chi connectivity index (χ2v) is 11.4. The zero-order chi connectivity index (χ0) is 27.8. The number of benzene rings is 3. The average Bonchev–Trinajstić information content (AvgIpc) is 3.17. The maximum Gasteiger partial charge on any atom is 0.242 e. The Labute approximate surface area is 223 Å². The molecule has 1 aromatic heterocycles. The van der Waals surface area contributed by atoms with E-state index in [2.05, 4.69) is 10.3 Å². The molecular weight excluding hydrogens is 504 g/mol. The summed E-state index contributed by atoms with van der Waals surface area (Å²) >= 11 is 0. The van der Waals surface area contributed by atoms with Crippen molar-refractivity contribution in [3.8, 4) is 28.3 Å². The van der Waals surface area contributed by atoms with Crippen molar-refractivity contribution in [1.82, 2.24) is 14.0 Å². The van der Waals surface area contributed by atoms with E-state index in [9.17, 15) is 18.7 Å². The number of sulfonamides is 1. The van der Waals surface area contributed by atoms with Gasteiger partial charge in [-0.1, -0.05) is 24.3 Å². The van der Waals surface area contributed by atoms with Crippen molar-refractivity contribution >= 4 is 15.7 Å². The Morgan fingerprint density at radius 3 is 2.29 bits per heavy atom. The number of aliphatic hydroxyl groups is 1. The van der Waals surface area contributed by atoms with E-state index in [1.807, 2.05) is 44.2 Å². The van der Waals surface area contributed by atoms with Crippen LogP contribution in [-0.2, 0) is 10.0 Å². The molecule has 0 fully saturated rings. The Kier molecular flexibility index (Phi) is 7.50. The predicted octanol–water partition coefficient (Wildman–Crippen LogP) is 4.74. The highest BCUT2D eigenvalue weighted by Crippen LogP contribution is 2.38. The number of nitrogens with zero attached hydrogens (tertiary/aromatic N) is 3. The summed E-state index contributed by atoms with van der Waals surface area (Å²) in [6.45, 7) is 5.74. The number of anilines is 1. The van der Waals surface area contributed by atoms with Crippen molar-refractivity contribution in [2.75, 3.05) is 26.5 Å². The van der Waals surface area contributed by atoms with Crippen LogP contribution in [0, 0.1) is 20.8 Å². The van der Waals surface area contributed by atoms with Gasteiger partial charge in [0.15, 0.2) is 12.1 Å². The third-order valence-electron chi connectivity index (χ3n) is 6.46. The number of imidazole rings is 1. The average molecular weight is 537 g/mol. The number of methoxy groups -OCH3 is 1. The molecular formula is C28H32N4O5S. The third kappa shape index (κ3) is 4.98. The monoisotopic (exact) mass is 536 g/mol. The van der Waals surface area contributed by atoms with Gasteiger partial charge in [-0.05, 0) is 73.9 Å². The van der Waals surface area contributed by atoms with Gasteiger partial charge < -0.3 is 20.4 Å². The van der Waals surface area contributed by atoms with Crippen LogP contribution in [0.15, 0.2) is 65.6 Å². The Morgan fingerprint density at radius 2 is 1.66 bits per heavy atom. The molecule has 0 bridgehead atoms. The van der Waals surface area contributed by atoms with E-state index < -0.39 is 16.3 Å². The van der Waals surface area contributed by atoms with E-state index in [1.54, 1.807) is 32.2 Å². The van der Waals surface area contributed by atoms with E-state index in [4.69, 9.17) is 4.74 Å². The summed E-state index contributed by atoms with van der Waals surface area (Å²) in [5, 5.41) is 24.9. The lowest BCUT2D eigenvalue weighted by molar-refractivity contribution is 0.132. The molecule has 1 unspecified atom stereocenters. The van der Waals surface area contributed by atoms with Gasteiger partial charge in [0, 0.05) is 30.9 Å². The maximum absolute atomic E-state index is 12.5. The van der Waals surface area contributed by atoms with Gasteiger partial charge in [0.1, 0.15) is 11.4 Å². The SMILES string of the molecule is COc1ccc(-c2nc(C)c(C(O)Nc3cccc(S(=O)(=O)N(C)C)c3)n2O)cc1-c1c(C)cccc1C. The minimum atomic E-state index is -3.65. The summed E-state index contributed by atoms with van der Waals surface area (Å²) in [6.07, 6.45) is -1.37. The Morgan fingerprint density at radius 1 is 1.00 bits per heavy atom. The number of nitrogens with one attached hydrogen (secondary N) is 1. The number of aryl methyl sites for hydroxylation is 3. The molecule has 4 aromatic rings. The van der Waals surface area contributed by atoms with Crippen molar-refractivity contribution < 1.29 is 23.5 Å². The minimum Gasteiger partial charge on any atom is -0.496 e. The number of aromatic nitrogens is 2. The molecule has 1 atom stereocenters. The molecule has 0 saturated carbocycles. The number of aliphatic hydroxyl groups excluding tert-OH is 1. The Bertz CT molecular complexity index is 1570. The summed E-state index contributed by atoms with van der Waals surface area (Å²) in [5.74, 6) is 0.936. The fourth-order valence-electron chi connectivity index (χ4n) is 4.50. The van der Waals surface area contributed by atoms with Crippen LogP contribution in [0.5, 0.6) is 5.75 Å². The van der Waals surface area contributed by atoms with Gasteiger partial charge in [-0.3, -0.25) is 0 Å². The molecule has 3 N–H and O–H groups in total. The molecule has 10 heteroatoms. The summed E-state index contributed by atoms with van der Waals surface area (Å²) < 4.78 is 32.6. The number of ether oxygens (including phenoxy) is 1. The highest BCUT2D eigenvalue weighted by atomic mass is 32.2. The molecule has 1 heterocycles. The zero-order valence-corrected chi connectivity index (χ0v) is 23.0. The zero-order valence-electron chi connectivity index (χ0n) is 22.2. The molecule has 0 radical (unpaired) electrons. The van der Waals surface area contributed by atoms with Gasteiger partial charge in [0.2, 0.25) is 10.0 Å². The second-order valence-electron chi connectivity index (χ2n) is 9.26. The lowest BCUT2D eigenvalue weighted by atomic mass is 9.93. The fraction of sp³-hybridized carbons (Fsp3) is 0.250. The topological polar surface area (TPSA) is 117 Å². The predicted molar refractivity (Wildman–Crippen MR) is 147 cm³/mol. The first-order chi connectivity index (χ1) is 17.9. The lowest BCUT2D eigenvalue weighted by Gasteiger charge is -2.17. The largest absolute Gasteiger partial charge is 0.496 e. The van der Waals surface area contributed by atoms with E-state index in [0.717, 1.165) is 31.3 Å². The van der Waals surface area contributed by atoms with Crippen LogP contribution in [0.1, 0.15) is 28.7 Å². The standard InChI is InChI=1S/C28H32N4O5S/c1-17-9-7-10-18(2)25(17)23-15-20(13-14-24(23)37-6)27-29-19(3)26(32(27)34)28(33)30-21-11-8-12-22(16-21)38(35,36)31(4)5/h7-16,28,30,33-34H,1-6H3. The number of rotatable bonds is 8. The van der Waals surface area contributed by atoms with Gasteiger partial charge in [0.05, 0.1) is 17.7 Å². The van der Waals surface area contributed by atoms with Crippen LogP contribution in [0.3, 0.4) is 0 Å². The highest BCUT2D eigenvalue weighted by Gasteiger charge is 2.24. The number of hydrogen-bond donors (Lipinski definition) is 3. The first kappa shape index (κ1) is 27.2. The summed E-state index contributed by atoms with van der Waals surface area (Å²) in [5.41, 5.74) is 5.60. The maximum atomic E-state index is 12.5. The van der Waals surface area contributed by atoms with Crippen LogP contribution in [-0.4, -0.2) is 54.0 Å². The van der Waals surface area contributed by atoms with Crippen molar-refractivity contribution in [2.45, 2.75) is 31.9 Å². The summed E-state index contributed by atoms with van der Waals surface area (Å²) in [7, 11) is 0.858.